The van der Waals surface area contributed by atoms with Crippen molar-refractivity contribution in [2.24, 2.45) is 28.0 Å². The SMILES string of the molecule is CCNC(=NCC1(C2CC2)CC1)N1CCCC(CC(N)=O)C1. The van der Waals surface area contributed by atoms with Gasteiger partial charge >= 0.3 is 0 Å². The average Bonchev–Trinajstić information content (AvgIpc) is 3.36. The molecule has 0 radical (unpaired) electrons. The van der Waals surface area contributed by atoms with E-state index < -0.39 is 0 Å². The van der Waals surface area contributed by atoms with E-state index in [2.05, 4.69) is 17.1 Å². The van der Waals surface area contributed by atoms with E-state index in [9.17, 15) is 4.79 Å². The van der Waals surface area contributed by atoms with Crippen LogP contribution in [0.1, 0.15) is 51.9 Å². The second-order valence-corrected chi connectivity index (χ2v) is 7.43. The molecule has 3 N–H and O–H groups in total. The fourth-order valence-electron chi connectivity index (χ4n) is 3.92. The molecule has 124 valence electrons. The minimum atomic E-state index is -0.181. The topological polar surface area (TPSA) is 70.7 Å². The summed E-state index contributed by atoms with van der Waals surface area (Å²) in [6, 6.07) is 0. The van der Waals surface area contributed by atoms with Gasteiger partial charge in [0, 0.05) is 32.6 Å². The van der Waals surface area contributed by atoms with Crippen LogP contribution in [-0.4, -0.2) is 42.9 Å². The number of likely N-dealkylation sites (tertiary alicyclic amines) is 1. The van der Waals surface area contributed by atoms with Crippen LogP contribution in [0.25, 0.3) is 0 Å². The number of piperidine rings is 1. The first-order valence-electron chi connectivity index (χ1n) is 8.94. The molecule has 2 aliphatic carbocycles. The van der Waals surface area contributed by atoms with Crippen molar-refractivity contribution < 1.29 is 4.79 Å². The van der Waals surface area contributed by atoms with Crippen LogP contribution in [0.15, 0.2) is 4.99 Å². The summed E-state index contributed by atoms with van der Waals surface area (Å²) in [5.74, 6) is 2.19. The van der Waals surface area contributed by atoms with Crippen LogP contribution in [0.4, 0.5) is 0 Å². The summed E-state index contributed by atoms with van der Waals surface area (Å²) in [6.45, 7) is 5.94. The Bertz CT molecular complexity index is 440. The number of amides is 1. The molecule has 3 rings (SSSR count). The van der Waals surface area contributed by atoms with Crippen molar-refractivity contribution in [1.82, 2.24) is 10.2 Å². The summed E-state index contributed by atoms with van der Waals surface area (Å²) in [7, 11) is 0. The van der Waals surface area contributed by atoms with Crippen LogP contribution < -0.4 is 11.1 Å². The van der Waals surface area contributed by atoms with Crippen molar-refractivity contribution in [3.05, 3.63) is 0 Å². The van der Waals surface area contributed by atoms with Crippen LogP contribution in [0.2, 0.25) is 0 Å². The first-order chi connectivity index (χ1) is 10.6. The molecular formula is C17H30N4O. The number of aliphatic imine (C=N–C) groups is 1. The smallest absolute Gasteiger partial charge is 0.217 e. The first-order valence-corrected chi connectivity index (χ1v) is 8.94. The maximum absolute atomic E-state index is 11.2. The average molecular weight is 306 g/mol. The maximum Gasteiger partial charge on any atom is 0.217 e. The van der Waals surface area contributed by atoms with Crippen LogP contribution in [-0.2, 0) is 4.79 Å². The van der Waals surface area contributed by atoms with E-state index in [-0.39, 0.29) is 5.91 Å². The van der Waals surface area contributed by atoms with E-state index in [1.807, 2.05) is 0 Å². The molecule has 1 aliphatic heterocycles. The summed E-state index contributed by atoms with van der Waals surface area (Å²) in [4.78, 5) is 18.5. The molecule has 0 spiro atoms. The lowest BCUT2D eigenvalue weighted by atomic mass is 9.95. The number of primary amides is 1. The van der Waals surface area contributed by atoms with Gasteiger partial charge in [0.25, 0.3) is 0 Å². The van der Waals surface area contributed by atoms with E-state index >= 15 is 0 Å². The van der Waals surface area contributed by atoms with Gasteiger partial charge in [-0.05, 0) is 62.7 Å². The zero-order valence-electron chi connectivity index (χ0n) is 13.8. The van der Waals surface area contributed by atoms with E-state index in [0.29, 0.717) is 17.8 Å². The van der Waals surface area contributed by atoms with Gasteiger partial charge in [-0.25, -0.2) is 0 Å². The Morgan fingerprint density at radius 3 is 2.73 bits per heavy atom. The highest BCUT2D eigenvalue weighted by molar-refractivity contribution is 5.80. The van der Waals surface area contributed by atoms with Gasteiger partial charge in [-0.3, -0.25) is 9.79 Å². The van der Waals surface area contributed by atoms with Gasteiger partial charge in [0.05, 0.1) is 0 Å². The third kappa shape index (κ3) is 3.73. The Kier molecular flexibility index (Phi) is 4.59. The molecule has 1 amide bonds. The Hall–Kier alpha value is -1.26. The third-order valence-corrected chi connectivity index (χ3v) is 5.52. The molecule has 5 nitrogen and oxygen atoms in total. The Balaban J connectivity index is 1.60. The highest BCUT2D eigenvalue weighted by atomic mass is 16.1. The summed E-state index contributed by atoms with van der Waals surface area (Å²) < 4.78 is 0. The van der Waals surface area contributed by atoms with Crippen LogP contribution in [0, 0.1) is 17.3 Å². The predicted octanol–water partition coefficient (Wildman–Crippen LogP) is 1.73. The van der Waals surface area contributed by atoms with E-state index in [4.69, 9.17) is 10.7 Å². The summed E-state index contributed by atoms with van der Waals surface area (Å²) in [6.07, 6.45) is 8.28. The predicted molar refractivity (Wildman–Crippen MR) is 88.5 cm³/mol. The first kappa shape index (κ1) is 15.6. The van der Waals surface area contributed by atoms with Gasteiger partial charge in [-0.15, -0.1) is 0 Å². The van der Waals surface area contributed by atoms with E-state index in [1.165, 1.54) is 25.7 Å². The fourth-order valence-corrected chi connectivity index (χ4v) is 3.92. The van der Waals surface area contributed by atoms with Crippen LogP contribution >= 0.6 is 0 Å². The van der Waals surface area contributed by atoms with Gasteiger partial charge in [0.1, 0.15) is 0 Å². The number of nitrogens with two attached hydrogens (primary N) is 1. The normalized spacial score (nSPS) is 27.6. The zero-order chi connectivity index (χ0) is 15.6. The van der Waals surface area contributed by atoms with Crippen LogP contribution in [0.5, 0.6) is 0 Å². The summed E-state index contributed by atoms with van der Waals surface area (Å²) in [5, 5.41) is 3.45. The monoisotopic (exact) mass is 306 g/mol. The molecule has 1 saturated heterocycles. The molecule has 1 unspecified atom stereocenters. The lowest BCUT2D eigenvalue weighted by Gasteiger charge is -2.35. The highest BCUT2D eigenvalue weighted by Crippen LogP contribution is 2.61. The molecule has 0 aromatic heterocycles. The zero-order valence-corrected chi connectivity index (χ0v) is 13.8. The van der Waals surface area contributed by atoms with E-state index in [1.54, 1.807) is 0 Å². The molecule has 2 saturated carbocycles. The Morgan fingerprint density at radius 1 is 1.36 bits per heavy atom. The molecule has 0 aromatic carbocycles. The number of hydrogen-bond donors (Lipinski definition) is 2. The van der Waals surface area contributed by atoms with Gasteiger partial charge in [-0.2, -0.15) is 0 Å². The van der Waals surface area contributed by atoms with Gasteiger partial charge < -0.3 is 16.0 Å². The van der Waals surface area contributed by atoms with Crippen molar-refractivity contribution >= 4 is 11.9 Å². The van der Waals surface area contributed by atoms with Crippen molar-refractivity contribution in [1.29, 1.82) is 0 Å². The van der Waals surface area contributed by atoms with Crippen molar-refractivity contribution in [2.75, 3.05) is 26.2 Å². The molecule has 0 aromatic rings. The van der Waals surface area contributed by atoms with Crippen molar-refractivity contribution in [2.45, 2.75) is 51.9 Å². The molecule has 1 atom stereocenters. The minimum Gasteiger partial charge on any atom is -0.370 e. The number of nitrogens with one attached hydrogen (secondary N) is 1. The molecule has 1 heterocycles. The number of carbonyl (C=O) groups excluding carboxylic acids is 1. The maximum atomic E-state index is 11.2. The minimum absolute atomic E-state index is 0.181. The lowest BCUT2D eigenvalue weighted by Crippen LogP contribution is -2.47. The number of guanidine groups is 1. The molecule has 3 aliphatic rings. The quantitative estimate of drug-likeness (QED) is 0.580. The number of carbonyl (C=O) groups is 1. The largest absolute Gasteiger partial charge is 0.370 e. The highest BCUT2D eigenvalue weighted by Gasteiger charge is 2.53. The Labute approximate surface area is 133 Å². The molecule has 3 fully saturated rings. The van der Waals surface area contributed by atoms with Crippen molar-refractivity contribution in [3.8, 4) is 0 Å². The van der Waals surface area contributed by atoms with Gasteiger partial charge in [-0.1, -0.05) is 0 Å². The van der Waals surface area contributed by atoms with Gasteiger partial charge in [0.2, 0.25) is 5.91 Å². The Morgan fingerprint density at radius 2 is 2.14 bits per heavy atom. The van der Waals surface area contributed by atoms with Crippen LogP contribution in [0.3, 0.4) is 0 Å². The standard InChI is InChI=1S/C17H30N4O/c1-2-19-16(20-12-17(7-8-17)14-5-6-14)21-9-3-4-13(11-21)10-15(18)22/h13-14H,2-12H2,1H3,(H2,18,22)(H,19,20). The number of rotatable bonds is 6. The second-order valence-electron chi connectivity index (χ2n) is 7.43. The van der Waals surface area contributed by atoms with Crippen molar-refractivity contribution in [3.63, 3.8) is 0 Å². The second kappa shape index (κ2) is 6.47. The molecule has 22 heavy (non-hydrogen) atoms. The fraction of sp³-hybridized carbons (Fsp3) is 0.882. The summed E-state index contributed by atoms with van der Waals surface area (Å²) in [5.41, 5.74) is 5.91. The summed E-state index contributed by atoms with van der Waals surface area (Å²) >= 11 is 0. The molecular weight excluding hydrogens is 276 g/mol. The number of hydrogen-bond acceptors (Lipinski definition) is 2. The third-order valence-electron chi connectivity index (χ3n) is 5.52. The number of nitrogens with zero attached hydrogens (tertiary/aromatic N) is 2. The lowest BCUT2D eigenvalue weighted by molar-refractivity contribution is -0.119. The van der Waals surface area contributed by atoms with Gasteiger partial charge in [0.15, 0.2) is 5.96 Å². The van der Waals surface area contributed by atoms with E-state index in [0.717, 1.165) is 50.9 Å². The molecule has 5 heteroatoms. The molecule has 0 bridgehead atoms.